The lowest BCUT2D eigenvalue weighted by Crippen LogP contribution is -2.10. The summed E-state index contributed by atoms with van der Waals surface area (Å²) in [7, 11) is 3.00. The van der Waals surface area contributed by atoms with Crippen LogP contribution >= 0.6 is 0 Å². The van der Waals surface area contributed by atoms with Crippen molar-refractivity contribution in [1.82, 2.24) is 5.32 Å². The molecule has 1 aliphatic heterocycles. The highest BCUT2D eigenvalue weighted by Gasteiger charge is 2.24. The third-order valence-corrected chi connectivity index (χ3v) is 3.39. The zero-order chi connectivity index (χ0) is 12.4. The van der Waals surface area contributed by atoms with Crippen LogP contribution in [0, 0.1) is 12.7 Å². The Morgan fingerprint density at radius 3 is 2.53 bits per heavy atom. The Balaban J connectivity index is 2.50. The predicted octanol–water partition coefficient (Wildman–Crippen LogP) is 2.23. The number of hydrogen-bond acceptors (Lipinski definition) is 3. The van der Waals surface area contributed by atoms with Gasteiger partial charge in [-0.05, 0) is 43.0 Å². The second-order valence-corrected chi connectivity index (χ2v) is 4.33. The van der Waals surface area contributed by atoms with Gasteiger partial charge < -0.3 is 14.8 Å². The third kappa shape index (κ3) is 2.09. The molecule has 0 spiro atoms. The maximum absolute atomic E-state index is 13.9. The van der Waals surface area contributed by atoms with E-state index in [1.807, 2.05) is 6.92 Å². The number of hydrogen-bond donors (Lipinski definition) is 1. The number of benzene rings is 1. The lowest BCUT2D eigenvalue weighted by atomic mass is 9.93. The van der Waals surface area contributed by atoms with Crippen LogP contribution in [0.15, 0.2) is 6.07 Å². The SMILES string of the molecule is COc1c(F)cc(C2CCNC2)c(C)c1OC. The number of nitrogens with one attached hydrogen (secondary N) is 1. The first-order valence-electron chi connectivity index (χ1n) is 5.80. The van der Waals surface area contributed by atoms with E-state index in [1.165, 1.54) is 7.11 Å². The van der Waals surface area contributed by atoms with Crippen molar-refractivity contribution in [3.8, 4) is 11.5 Å². The summed E-state index contributed by atoms with van der Waals surface area (Å²) in [6.07, 6.45) is 1.04. The summed E-state index contributed by atoms with van der Waals surface area (Å²) in [6, 6.07) is 1.58. The molecule has 0 saturated carbocycles. The van der Waals surface area contributed by atoms with E-state index in [-0.39, 0.29) is 11.6 Å². The molecule has 17 heavy (non-hydrogen) atoms. The summed E-state index contributed by atoms with van der Waals surface area (Å²) in [5.74, 6) is 0.718. The van der Waals surface area contributed by atoms with Crippen molar-refractivity contribution in [2.75, 3.05) is 27.3 Å². The first-order valence-corrected chi connectivity index (χ1v) is 5.80. The highest BCUT2D eigenvalue weighted by atomic mass is 19.1. The molecule has 94 valence electrons. The topological polar surface area (TPSA) is 30.5 Å². The zero-order valence-electron chi connectivity index (χ0n) is 10.5. The van der Waals surface area contributed by atoms with Crippen LogP contribution in [0.1, 0.15) is 23.5 Å². The highest BCUT2D eigenvalue weighted by molar-refractivity contribution is 5.52. The van der Waals surface area contributed by atoms with E-state index in [0.717, 1.165) is 30.6 Å². The Morgan fingerprint density at radius 1 is 1.29 bits per heavy atom. The van der Waals surface area contributed by atoms with E-state index in [4.69, 9.17) is 9.47 Å². The second-order valence-electron chi connectivity index (χ2n) is 4.33. The van der Waals surface area contributed by atoms with Crippen molar-refractivity contribution in [2.24, 2.45) is 0 Å². The Hall–Kier alpha value is -1.29. The second kappa shape index (κ2) is 4.92. The fourth-order valence-corrected chi connectivity index (χ4v) is 2.50. The third-order valence-electron chi connectivity index (χ3n) is 3.39. The van der Waals surface area contributed by atoms with E-state index in [1.54, 1.807) is 13.2 Å². The van der Waals surface area contributed by atoms with Gasteiger partial charge in [-0.15, -0.1) is 0 Å². The normalized spacial score (nSPS) is 19.4. The minimum atomic E-state index is -0.350. The molecule has 1 N–H and O–H groups in total. The summed E-state index contributed by atoms with van der Waals surface area (Å²) < 4.78 is 24.2. The number of ether oxygens (including phenoxy) is 2. The van der Waals surface area contributed by atoms with Crippen LogP contribution in [0.2, 0.25) is 0 Å². The summed E-state index contributed by atoms with van der Waals surface area (Å²) in [4.78, 5) is 0. The van der Waals surface area contributed by atoms with Crippen LogP contribution in [-0.2, 0) is 0 Å². The lowest BCUT2D eigenvalue weighted by Gasteiger charge is -2.18. The molecular formula is C13H18FNO2. The van der Waals surface area contributed by atoms with E-state index >= 15 is 0 Å². The molecule has 1 saturated heterocycles. The molecule has 0 radical (unpaired) electrons. The predicted molar refractivity (Wildman–Crippen MR) is 64.5 cm³/mol. The molecule has 2 rings (SSSR count). The van der Waals surface area contributed by atoms with E-state index in [2.05, 4.69) is 5.32 Å². The number of halogens is 1. The summed E-state index contributed by atoms with van der Waals surface area (Å²) >= 11 is 0. The van der Waals surface area contributed by atoms with Crippen LogP contribution in [0.4, 0.5) is 4.39 Å². The fourth-order valence-electron chi connectivity index (χ4n) is 2.50. The van der Waals surface area contributed by atoms with Gasteiger partial charge in [-0.2, -0.15) is 0 Å². The van der Waals surface area contributed by atoms with Gasteiger partial charge in [0.1, 0.15) is 0 Å². The fraction of sp³-hybridized carbons (Fsp3) is 0.538. The van der Waals surface area contributed by atoms with Gasteiger partial charge in [0.15, 0.2) is 17.3 Å². The van der Waals surface area contributed by atoms with Gasteiger partial charge in [-0.25, -0.2) is 4.39 Å². The maximum atomic E-state index is 13.9. The van der Waals surface area contributed by atoms with Crippen molar-refractivity contribution < 1.29 is 13.9 Å². The molecule has 0 aliphatic carbocycles. The molecular weight excluding hydrogens is 221 g/mol. The summed E-state index contributed by atoms with van der Waals surface area (Å²) in [6.45, 7) is 3.84. The van der Waals surface area contributed by atoms with Crippen LogP contribution in [0.5, 0.6) is 11.5 Å². The van der Waals surface area contributed by atoms with E-state index in [9.17, 15) is 4.39 Å². The Labute approximate surface area is 101 Å². The summed E-state index contributed by atoms with van der Waals surface area (Å²) in [5.41, 5.74) is 1.99. The van der Waals surface area contributed by atoms with Crippen molar-refractivity contribution in [3.63, 3.8) is 0 Å². The molecule has 1 fully saturated rings. The molecule has 0 aromatic heterocycles. The van der Waals surface area contributed by atoms with Crippen molar-refractivity contribution in [2.45, 2.75) is 19.3 Å². The average Bonchev–Trinajstić information content (AvgIpc) is 2.84. The molecule has 0 amide bonds. The number of rotatable bonds is 3. The number of methoxy groups -OCH3 is 2. The Morgan fingerprint density at radius 2 is 2.00 bits per heavy atom. The van der Waals surface area contributed by atoms with Crippen LogP contribution < -0.4 is 14.8 Å². The van der Waals surface area contributed by atoms with E-state index in [0.29, 0.717) is 11.7 Å². The minimum Gasteiger partial charge on any atom is -0.492 e. The highest BCUT2D eigenvalue weighted by Crippen LogP contribution is 2.39. The van der Waals surface area contributed by atoms with Gasteiger partial charge in [0, 0.05) is 6.54 Å². The smallest absolute Gasteiger partial charge is 0.197 e. The van der Waals surface area contributed by atoms with Crippen molar-refractivity contribution >= 4 is 0 Å². The molecule has 1 aromatic carbocycles. The van der Waals surface area contributed by atoms with Gasteiger partial charge in [0.25, 0.3) is 0 Å². The molecule has 1 aromatic rings. The van der Waals surface area contributed by atoms with E-state index < -0.39 is 0 Å². The van der Waals surface area contributed by atoms with Gasteiger partial charge in [0.05, 0.1) is 14.2 Å². The molecule has 4 heteroatoms. The van der Waals surface area contributed by atoms with Crippen molar-refractivity contribution in [3.05, 3.63) is 23.0 Å². The molecule has 1 atom stereocenters. The van der Waals surface area contributed by atoms with Gasteiger partial charge in [0.2, 0.25) is 0 Å². The van der Waals surface area contributed by atoms with Gasteiger partial charge in [-0.3, -0.25) is 0 Å². The van der Waals surface area contributed by atoms with Crippen LogP contribution in [0.25, 0.3) is 0 Å². The average molecular weight is 239 g/mol. The Kier molecular flexibility index (Phi) is 3.52. The quantitative estimate of drug-likeness (QED) is 0.877. The van der Waals surface area contributed by atoms with Gasteiger partial charge in [-0.1, -0.05) is 0 Å². The standard InChI is InChI=1S/C13H18FNO2/c1-8-10(9-4-5-15-7-9)6-11(14)13(17-3)12(8)16-2/h6,9,15H,4-5,7H2,1-3H3. The Bertz CT molecular complexity index is 414. The zero-order valence-corrected chi connectivity index (χ0v) is 10.5. The molecule has 0 bridgehead atoms. The molecule has 3 nitrogen and oxygen atoms in total. The maximum Gasteiger partial charge on any atom is 0.197 e. The van der Waals surface area contributed by atoms with Gasteiger partial charge >= 0.3 is 0 Å². The van der Waals surface area contributed by atoms with Crippen molar-refractivity contribution in [1.29, 1.82) is 0 Å². The van der Waals surface area contributed by atoms with Crippen LogP contribution in [-0.4, -0.2) is 27.3 Å². The summed E-state index contributed by atoms with van der Waals surface area (Å²) in [5, 5.41) is 3.29. The molecule has 1 aliphatic rings. The largest absolute Gasteiger partial charge is 0.492 e. The molecule has 1 unspecified atom stereocenters. The minimum absolute atomic E-state index is 0.194. The monoisotopic (exact) mass is 239 g/mol. The van der Waals surface area contributed by atoms with Crippen LogP contribution in [0.3, 0.4) is 0 Å². The first-order chi connectivity index (χ1) is 8.19. The first kappa shape index (κ1) is 12.2. The molecule has 1 heterocycles. The lowest BCUT2D eigenvalue weighted by molar-refractivity contribution is 0.334.